The zero-order chi connectivity index (χ0) is 21.2. The van der Waals surface area contributed by atoms with Crippen LogP contribution in [0, 0.1) is 5.92 Å². The molecule has 7 heteroatoms. The van der Waals surface area contributed by atoms with E-state index in [4.69, 9.17) is 4.74 Å². The molecule has 3 heterocycles. The first-order valence-corrected chi connectivity index (χ1v) is 12.5. The van der Waals surface area contributed by atoms with E-state index in [0.29, 0.717) is 19.1 Å². The maximum absolute atomic E-state index is 13.4. The van der Waals surface area contributed by atoms with Gasteiger partial charge in [0, 0.05) is 36.3 Å². The van der Waals surface area contributed by atoms with E-state index < -0.39 is 0 Å². The molecule has 2 aliphatic heterocycles. The maximum atomic E-state index is 13.4. The molecular formula is C24H32N4O2S. The van der Waals surface area contributed by atoms with Crippen molar-refractivity contribution in [2.75, 3.05) is 33.3 Å². The van der Waals surface area contributed by atoms with E-state index in [1.807, 2.05) is 17.5 Å². The highest BCUT2D eigenvalue weighted by Crippen LogP contribution is 2.41. The van der Waals surface area contributed by atoms with Gasteiger partial charge in [0.15, 0.2) is 0 Å². The summed E-state index contributed by atoms with van der Waals surface area (Å²) < 4.78 is 9.54. The Kier molecular flexibility index (Phi) is 6.23. The normalized spacial score (nSPS) is 29.0. The minimum atomic E-state index is 0.179. The molecule has 4 atom stereocenters. The number of methoxy groups -OCH3 is 1. The largest absolute Gasteiger partial charge is 0.497 e. The molecule has 0 bridgehead atoms. The van der Waals surface area contributed by atoms with Crippen LogP contribution in [0.2, 0.25) is 0 Å². The van der Waals surface area contributed by atoms with Gasteiger partial charge in [0.25, 0.3) is 0 Å². The van der Waals surface area contributed by atoms with Gasteiger partial charge in [-0.25, -0.2) is 0 Å². The number of carbonyl (C=O) groups is 1. The highest BCUT2D eigenvalue weighted by Gasteiger charge is 2.40. The lowest BCUT2D eigenvalue weighted by atomic mass is 9.78. The molecular weight excluding hydrogens is 408 g/mol. The molecule has 2 saturated heterocycles. The third-order valence-electron chi connectivity index (χ3n) is 7.65. The Morgan fingerprint density at radius 3 is 2.84 bits per heavy atom. The average molecular weight is 441 g/mol. The lowest BCUT2D eigenvalue weighted by Crippen LogP contribution is -2.50. The van der Waals surface area contributed by atoms with Gasteiger partial charge >= 0.3 is 0 Å². The molecule has 1 amide bonds. The molecule has 1 aromatic heterocycles. The van der Waals surface area contributed by atoms with Crippen LogP contribution in [-0.4, -0.2) is 64.6 Å². The zero-order valence-corrected chi connectivity index (χ0v) is 19.1. The molecule has 5 rings (SSSR count). The summed E-state index contributed by atoms with van der Waals surface area (Å²) in [6.45, 7) is 3.08. The summed E-state index contributed by atoms with van der Waals surface area (Å²) in [7, 11) is 1.70. The minimum Gasteiger partial charge on any atom is -0.497 e. The predicted molar refractivity (Wildman–Crippen MR) is 122 cm³/mol. The zero-order valence-electron chi connectivity index (χ0n) is 18.3. The summed E-state index contributed by atoms with van der Waals surface area (Å²) >= 11 is 1.38. The summed E-state index contributed by atoms with van der Waals surface area (Å²) in [5, 5.41) is 6.40. The van der Waals surface area contributed by atoms with Crippen molar-refractivity contribution in [1.29, 1.82) is 0 Å². The third kappa shape index (κ3) is 4.35. The number of ether oxygens (including phenoxy) is 1. The lowest BCUT2D eigenvalue weighted by Gasteiger charge is -2.44. The first-order valence-electron chi connectivity index (χ1n) is 11.7. The molecule has 1 aliphatic carbocycles. The number of benzene rings is 1. The SMILES string of the molecule is COc1cccc([C@@H]2CN(C(=O)CN3CCCC4CCCCC43)C[C@H]2c2csnn2)c1. The van der Waals surface area contributed by atoms with Gasteiger partial charge in [-0.3, -0.25) is 9.69 Å². The molecule has 3 fully saturated rings. The predicted octanol–water partition coefficient (Wildman–Crippen LogP) is 3.91. The second-order valence-corrected chi connectivity index (χ2v) is 9.95. The fourth-order valence-electron chi connectivity index (χ4n) is 6.05. The van der Waals surface area contributed by atoms with Gasteiger partial charge < -0.3 is 9.64 Å². The fraction of sp³-hybridized carbons (Fsp3) is 0.625. The molecule has 6 nitrogen and oxygen atoms in total. The van der Waals surface area contributed by atoms with Crippen LogP contribution in [0.4, 0.5) is 0 Å². The van der Waals surface area contributed by atoms with Gasteiger partial charge in [-0.1, -0.05) is 29.5 Å². The van der Waals surface area contributed by atoms with Crippen molar-refractivity contribution < 1.29 is 9.53 Å². The summed E-state index contributed by atoms with van der Waals surface area (Å²) in [5.41, 5.74) is 2.21. The number of nitrogens with zero attached hydrogens (tertiary/aromatic N) is 4. The minimum absolute atomic E-state index is 0.179. The number of piperidine rings is 1. The number of aromatic nitrogens is 2. The number of hydrogen-bond acceptors (Lipinski definition) is 6. The maximum Gasteiger partial charge on any atom is 0.236 e. The molecule has 0 N–H and O–H groups in total. The third-order valence-corrected chi connectivity index (χ3v) is 8.17. The monoisotopic (exact) mass is 440 g/mol. The van der Waals surface area contributed by atoms with Crippen LogP contribution in [0.15, 0.2) is 29.6 Å². The molecule has 2 aromatic rings. The van der Waals surface area contributed by atoms with Gasteiger partial charge in [0.1, 0.15) is 5.75 Å². The standard InChI is InChI=1S/C24H32N4O2S/c1-30-19-9-4-7-18(12-19)20-13-28(14-21(20)22-16-31-26-25-22)24(29)15-27-11-5-8-17-6-2-3-10-23(17)27/h4,7,9,12,16-17,20-21,23H,2-3,5-6,8,10-11,13-15H2,1H3/t17?,20-,21+,23?/m0/s1. The van der Waals surface area contributed by atoms with Crippen molar-refractivity contribution in [2.45, 2.75) is 56.4 Å². The van der Waals surface area contributed by atoms with Crippen molar-refractivity contribution in [3.63, 3.8) is 0 Å². The first kappa shape index (κ1) is 20.9. The Bertz CT molecular complexity index is 887. The van der Waals surface area contributed by atoms with Gasteiger partial charge in [0.05, 0.1) is 19.3 Å². The van der Waals surface area contributed by atoms with Crippen LogP contribution < -0.4 is 4.74 Å². The van der Waals surface area contributed by atoms with Gasteiger partial charge in [-0.05, 0) is 67.4 Å². The van der Waals surface area contributed by atoms with Crippen LogP contribution in [-0.2, 0) is 4.79 Å². The van der Waals surface area contributed by atoms with Crippen LogP contribution in [0.1, 0.15) is 61.6 Å². The Labute approximate surface area is 188 Å². The van der Waals surface area contributed by atoms with Crippen LogP contribution in [0.25, 0.3) is 0 Å². The van der Waals surface area contributed by atoms with Crippen LogP contribution in [0.5, 0.6) is 5.75 Å². The highest BCUT2D eigenvalue weighted by atomic mass is 32.1. The summed E-state index contributed by atoms with van der Waals surface area (Å²) in [6.07, 6.45) is 7.85. The molecule has 1 saturated carbocycles. The van der Waals surface area contributed by atoms with E-state index in [2.05, 4.69) is 31.5 Å². The molecule has 31 heavy (non-hydrogen) atoms. The van der Waals surface area contributed by atoms with Gasteiger partial charge in [0.2, 0.25) is 5.91 Å². The molecule has 1 aromatic carbocycles. The van der Waals surface area contributed by atoms with Crippen molar-refractivity contribution in [3.05, 3.63) is 40.9 Å². The quantitative estimate of drug-likeness (QED) is 0.706. The number of fused-ring (bicyclic) bond motifs is 1. The van der Waals surface area contributed by atoms with E-state index in [1.54, 1.807) is 7.11 Å². The molecule has 166 valence electrons. The topological polar surface area (TPSA) is 58.6 Å². The summed E-state index contributed by atoms with van der Waals surface area (Å²) in [4.78, 5) is 18.0. The van der Waals surface area contributed by atoms with Crippen molar-refractivity contribution >= 4 is 17.4 Å². The number of amides is 1. The Morgan fingerprint density at radius 2 is 2.00 bits per heavy atom. The first-order chi connectivity index (χ1) is 15.2. The number of likely N-dealkylation sites (tertiary alicyclic amines) is 2. The van der Waals surface area contributed by atoms with Crippen molar-refractivity contribution in [3.8, 4) is 5.75 Å². The van der Waals surface area contributed by atoms with Crippen LogP contribution >= 0.6 is 11.5 Å². The fourth-order valence-corrected chi connectivity index (χ4v) is 6.57. The number of carbonyl (C=O) groups excluding carboxylic acids is 1. The lowest BCUT2D eigenvalue weighted by molar-refractivity contribution is -0.133. The van der Waals surface area contributed by atoms with Crippen molar-refractivity contribution in [1.82, 2.24) is 19.4 Å². The summed E-state index contributed by atoms with van der Waals surface area (Å²) in [6, 6.07) is 8.86. The Hall–Kier alpha value is -1.99. The van der Waals surface area contributed by atoms with E-state index in [1.165, 1.54) is 55.6 Å². The number of hydrogen-bond donors (Lipinski definition) is 0. The molecule has 0 radical (unpaired) electrons. The Morgan fingerprint density at radius 1 is 1.16 bits per heavy atom. The molecule has 0 spiro atoms. The highest BCUT2D eigenvalue weighted by molar-refractivity contribution is 7.03. The Balaban J connectivity index is 1.33. The molecule has 3 aliphatic rings. The smallest absolute Gasteiger partial charge is 0.236 e. The van der Waals surface area contributed by atoms with E-state index >= 15 is 0 Å². The number of rotatable bonds is 5. The molecule has 2 unspecified atom stereocenters. The average Bonchev–Trinajstić information content (AvgIpc) is 3.49. The van der Waals surface area contributed by atoms with E-state index in [-0.39, 0.29) is 17.7 Å². The second kappa shape index (κ2) is 9.25. The van der Waals surface area contributed by atoms with E-state index in [0.717, 1.165) is 30.5 Å². The second-order valence-electron chi connectivity index (χ2n) is 9.34. The van der Waals surface area contributed by atoms with Gasteiger partial charge in [-0.2, -0.15) is 0 Å². The van der Waals surface area contributed by atoms with E-state index in [9.17, 15) is 4.79 Å². The summed E-state index contributed by atoms with van der Waals surface area (Å²) in [5.74, 6) is 2.32. The van der Waals surface area contributed by atoms with Gasteiger partial charge in [-0.15, -0.1) is 5.10 Å². The van der Waals surface area contributed by atoms with Crippen molar-refractivity contribution in [2.24, 2.45) is 5.92 Å². The van der Waals surface area contributed by atoms with Crippen LogP contribution in [0.3, 0.4) is 0 Å².